The van der Waals surface area contributed by atoms with E-state index < -0.39 is 0 Å². The molecule has 1 unspecified atom stereocenters. The van der Waals surface area contributed by atoms with Crippen LogP contribution in [0.2, 0.25) is 0 Å². The van der Waals surface area contributed by atoms with Crippen LogP contribution < -0.4 is 0 Å². The molecule has 0 saturated heterocycles. The highest BCUT2D eigenvalue weighted by Crippen LogP contribution is 2.32. The summed E-state index contributed by atoms with van der Waals surface area (Å²) in [5.74, 6) is 1.74. The molecule has 7 heteroatoms. The lowest BCUT2D eigenvalue weighted by Gasteiger charge is -2.15. The van der Waals surface area contributed by atoms with E-state index in [4.69, 9.17) is 4.99 Å². The van der Waals surface area contributed by atoms with Gasteiger partial charge >= 0.3 is 0 Å². The van der Waals surface area contributed by atoms with E-state index in [0.717, 1.165) is 38.8 Å². The molecule has 3 heterocycles. The normalized spacial score (nSPS) is 16.0. The van der Waals surface area contributed by atoms with Crippen LogP contribution in [0.4, 0.5) is 0 Å². The molecular weight excluding hydrogens is 392 g/mol. The first-order valence-electron chi connectivity index (χ1n) is 8.43. The van der Waals surface area contributed by atoms with Crippen LogP contribution in [0.25, 0.3) is 5.69 Å². The van der Waals surface area contributed by atoms with Gasteiger partial charge in [-0.2, -0.15) is 0 Å². The predicted molar refractivity (Wildman–Crippen MR) is 105 cm³/mol. The largest absolute Gasteiger partial charge is 0.302 e. The topological polar surface area (TPSA) is 59.2 Å². The van der Waals surface area contributed by atoms with E-state index in [-0.39, 0.29) is 6.04 Å². The Hall–Kier alpha value is -2.38. The highest BCUT2D eigenvalue weighted by molar-refractivity contribution is 9.10. The number of aliphatic imine (C=N–C) groups is 1. The molecule has 3 aromatic rings. The Morgan fingerprint density at radius 2 is 2.00 bits per heavy atom. The number of nitrogens with zero attached hydrogens (tertiary/aromatic N) is 6. The molecule has 132 valence electrons. The van der Waals surface area contributed by atoms with Crippen molar-refractivity contribution in [3.8, 4) is 5.69 Å². The fourth-order valence-electron chi connectivity index (χ4n) is 3.17. The number of pyridine rings is 1. The fraction of sp³-hybridized carbons (Fsp3) is 0.263. The summed E-state index contributed by atoms with van der Waals surface area (Å²) in [5.41, 5.74) is 3.78. The van der Waals surface area contributed by atoms with Crippen molar-refractivity contribution in [3.63, 3.8) is 0 Å². The summed E-state index contributed by atoms with van der Waals surface area (Å²) >= 11 is 3.60. The molecule has 0 N–H and O–H groups in total. The molecule has 0 fully saturated rings. The van der Waals surface area contributed by atoms with Crippen molar-refractivity contribution in [1.29, 1.82) is 0 Å². The minimum absolute atomic E-state index is 0.124. The van der Waals surface area contributed by atoms with E-state index in [1.807, 2.05) is 45.3 Å². The third-order valence-corrected chi connectivity index (χ3v) is 4.77. The SMILES string of the molecule is CC1N=C(c2ccccn2)c2ccc(Br)cc2-n2c(CN(C)C)nnc21. The van der Waals surface area contributed by atoms with Crippen LogP contribution in [0.15, 0.2) is 52.1 Å². The summed E-state index contributed by atoms with van der Waals surface area (Å²) in [6, 6.07) is 12.0. The lowest BCUT2D eigenvalue weighted by molar-refractivity contribution is 0.386. The lowest BCUT2D eigenvalue weighted by atomic mass is 10.0. The van der Waals surface area contributed by atoms with Gasteiger partial charge in [0.15, 0.2) is 11.6 Å². The third kappa shape index (κ3) is 2.97. The first-order chi connectivity index (χ1) is 12.5. The van der Waals surface area contributed by atoms with Gasteiger partial charge in [-0.1, -0.05) is 22.0 Å². The Labute approximate surface area is 160 Å². The number of halogens is 1. The Morgan fingerprint density at radius 1 is 1.15 bits per heavy atom. The first kappa shape index (κ1) is 17.1. The molecule has 2 aromatic heterocycles. The van der Waals surface area contributed by atoms with Gasteiger partial charge in [0.1, 0.15) is 6.04 Å². The number of hydrogen-bond acceptors (Lipinski definition) is 5. The zero-order valence-electron chi connectivity index (χ0n) is 14.9. The fourth-order valence-corrected chi connectivity index (χ4v) is 3.52. The van der Waals surface area contributed by atoms with Crippen molar-refractivity contribution >= 4 is 21.6 Å². The summed E-state index contributed by atoms with van der Waals surface area (Å²) in [6.45, 7) is 2.74. The highest BCUT2D eigenvalue weighted by Gasteiger charge is 2.27. The minimum atomic E-state index is -0.124. The van der Waals surface area contributed by atoms with Crippen LogP contribution in [0.1, 0.15) is 35.9 Å². The van der Waals surface area contributed by atoms with Crippen LogP contribution >= 0.6 is 15.9 Å². The quantitative estimate of drug-likeness (QED) is 0.663. The van der Waals surface area contributed by atoms with Crippen LogP contribution in [0, 0.1) is 0 Å². The highest BCUT2D eigenvalue weighted by atomic mass is 79.9. The Bertz CT molecular complexity index is 977. The van der Waals surface area contributed by atoms with Crippen molar-refractivity contribution in [3.05, 3.63) is 70.0 Å². The zero-order chi connectivity index (χ0) is 18.3. The van der Waals surface area contributed by atoms with Gasteiger partial charge in [-0.25, -0.2) is 0 Å². The summed E-state index contributed by atoms with van der Waals surface area (Å²) in [7, 11) is 4.05. The van der Waals surface area contributed by atoms with Crippen molar-refractivity contribution in [2.45, 2.75) is 19.5 Å². The van der Waals surface area contributed by atoms with Gasteiger partial charge in [-0.15, -0.1) is 10.2 Å². The second-order valence-electron chi connectivity index (χ2n) is 6.58. The average molecular weight is 411 g/mol. The van der Waals surface area contributed by atoms with E-state index >= 15 is 0 Å². The smallest absolute Gasteiger partial charge is 0.162 e. The van der Waals surface area contributed by atoms with Gasteiger partial charge in [-0.05, 0) is 51.4 Å². The van der Waals surface area contributed by atoms with E-state index in [1.165, 1.54) is 0 Å². The molecule has 1 atom stereocenters. The Morgan fingerprint density at radius 3 is 2.73 bits per heavy atom. The van der Waals surface area contributed by atoms with Gasteiger partial charge < -0.3 is 4.90 Å². The Balaban J connectivity index is 1.99. The molecule has 1 aromatic carbocycles. The minimum Gasteiger partial charge on any atom is -0.302 e. The van der Waals surface area contributed by atoms with Crippen LogP contribution in [-0.2, 0) is 6.54 Å². The van der Waals surface area contributed by atoms with Gasteiger partial charge in [0, 0.05) is 16.2 Å². The molecular formula is C19H19BrN6. The molecule has 0 aliphatic carbocycles. The maximum Gasteiger partial charge on any atom is 0.162 e. The van der Waals surface area contributed by atoms with Crippen molar-refractivity contribution in [2.24, 2.45) is 4.99 Å². The maximum atomic E-state index is 4.95. The van der Waals surface area contributed by atoms with Gasteiger partial charge in [0.25, 0.3) is 0 Å². The summed E-state index contributed by atoms with van der Waals surface area (Å²) in [5, 5.41) is 8.88. The summed E-state index contributed by atoms with van der Waals surface area (Å²) < 4.78 is 3.13. The molecule has 0 saturated carbocycles. The van der Waals surface area contributed by atoms with Crippen LogP contribution in [0.5, 0.6) is 0 Å². The predicted octanol–water partition coefficient (Wildman–Crippen LogP) is 3.40. The molecule has 0 spiro atoms. The van der Waals surface area contributed by atoms with Crippen molar-refractivity contribution in [1.82, 2.24) is 24.6 Å². The van der Waals surface area contributed by atoms with Crippen LogP contribution in [0.3, 0.4) is 0 Å². The van der Waals surface area contributed by atoms with Crippen molar-refractivity contribution in [2.75, 3.05) is 14.1 Å². The summed E-state index contributed by atoms with van der Waals surface area (Å²) in [6.07, 6.45) is 1.80. The summed E-state index contributed by atoms with van der Waals surface area (Å²) in [4.78, 5) is 11.6. The second kappa shape index (κ2) is 6.74. The van der Waals surface area contributed by atoms with Crippen molar-refractivity contribution < 1.29 is 0 Å². The van der Waals surface area contributed by atoms with E-state index in [2.05, 4.69) is 52.7 Å². The standard InChI is InChI=1S/C19H19BrN6/c1-12-19-24-23-17(11-25(2)3)26(19)16-10-13(20)7-8-14(16)18(22-12)15-6-4-5-9-21-15/h4-10,12H,11H2,1-3H3. The second-order valence-corrected chi connectivity index (χ2v) is 7.49. The number of rotatable bonds is 3. The number of benzene rings is 1. The van der Waals surface area contributed by atoms with E-state index in [0.29, 0.717) is 6.54 Å². The molecule has 6 nitrogen and oxygen atoms in total. The number of fused-ring (bicyclic) bond motifs is 3. The number of aromatic nitrogens is 4. The maximum absolute atomic E-state index is 4.95. The molecule has 1 aliphatic heterocycles. The van der Waals surface area contributed by atoms with E-state index in [9.17, 15) is 0 Å². The van der Waals surface area contributed by atoms with E-state index in [1.54, 1.807) is 6.20 Å². The molecule has 0 radical (unpaired) electrons. The number of hydrogen-bond donors (Lipinski definition) is 0. The monoisotopic (exact) mass is 410 g/mol. The molecule has 4 rings (SSSR count). The third-order valence-electron chi connectivity index (χ3n) is 4.27. The Kier molecular flexibility index (Phi) is 4.42. The van der Waals surface area contributed by atoms with Crippen LogP contribution in [-0.4, -0.2) is 44.5 Å². The molecule has 0 bridgehead atoms. The molecule has 1 aliphatic rings. The lowest BCUT2D eigenvalue weighted by Crippen LogP contribution is -2.17. The first-order valence-corrected chi connectivity index (χ1v) is 9.22. The van der Waals surface area contributed by atoms with Gasteiger partial charge in [-0.3, -0.25) is 14.5 Å². The zero-order valence-corrected chi connectivity index (χ0v) is 16.5. The molecule has 0 amide bonds. The average Bonchev–Trinajstić information content (AvgIpc) is 2.98. The van der Waals surface area contributed by atoms with Gasteiger partial charge in [0.2, 0.25) is 0 Å². The molecule has 26 heavy (non-hydrogen) atoms. The van der Waals surface area contributed by atoms with Gasteiger partial charge in [0.05, 0.1) is 23.6 Å².